The number of methoxy groups -OCH3 is 2. The first kappa shape index (κ1) is 24.6. The van der Waals surface area contributed by atoms with Crippen molar-refractivity contribution in [2.45, 2.75) is 55.5 Å². The summed E-state index contributed by atoms with van der Waals surface area (Å²) in [5, 5.41) is 0. The SMILES string of the molecule is COC(=O)[C@H]1[C@H](OC)[C@H]2OC(C)(C)O[C@H]2CN1S(=O)(=O)c1ccc(OCc2ccccc2)cc1. The van der Waals surface area contributed by atoms with Gasteiger partial charge < -0.3 is 23.7 Å². The molecule has 4 rings (SSSR count). The molecule has 2 fully saturated rings. The van der Waals surface area contributed by atoms with Crippen molar-refractivity contribution < 1.29 is 36.9 Å². The van der Waals surface area contributed by atoms with Gasteiger partial charge in [0.25, 0.3) is 0 Å². The second kappa shape index (κ2) is 9.63. The molecule has 184 valence electrons. The molecule has 0 radical (unpaired) electrons. The van der Waals surface area contributed by atoms with Crippen molar-refractivity contribution in [3.63, 3.8) is 0 Å². The number of nitrogens with zero attached hydrogens (tertiary/aromatic N) is 1. The van der Waals surface area contributed by atoms with Crippen molar-refractivity contribution in [3.05, 3.63) is 60.2 Å². The van der Waals surface area contributed by atoms with Crippen molar-refractivity contribution in [1.29, 1.82) is 0 Å². The highest BCUT2D eigenvalue weighted by Gasteiger charge is 2.58. The first-order valence-electron chi connectivity index (χ1n) is 10.9. The van der Waals surface area contributed by atoms with Gasteiger partial charge in [0.2, 0.25) is 10.0 Å². The predicted octanol–water partition coefficient (Wildman–Crippen LogP) is 2.35. The Morgan fingerprint density at radius 2 is 1.74 bits per heavy atom. The Bertz CT molecular complexity index is 1100. The van der Waals surface area contributed by atoms with Gasteiger partial charge in [0.05, 0.1) is 12.0 Å². The van der Waals surface area contributed by atoms with Gasteiger partial charge >= 0.3 is 5.97 Å². The van der Waals surface area contributed by atoms with Crippen LogP contribution < -0.4 is 4.74 Å². The number of sulfonamides is 1. The average molecular weight is 492 g/mol. The zero-order valence-corrected chi connectivity index (χ0v) is 20.4. The summed E-state index contributed by atoms with van der Waals surface area (Å²) in [6.07, 6.45) is -2.13. The van der Waals surface area contributed by atoms with Gasteiger partial charge in [-0.15, -0.1) is 0 Å². The third-order valence-corrected chi connectivity index (χ3v) is 7.78. The highest BCUT2D eigenvalue weighted by molar-refractivity contribution is 7.89. The molecule has 0 bridgehead atoms. The summed E-state index contributed by atoms with van der Waals surface area (Å²) in [4.78, 5) is 12.7. The van der Waals surface area contributed by atoms with Crippen molar-refractivity contribution in [2.75, 3.05) is 20.8 Å². The Hall–Kier alpha value is -2.50. The lowest BCUT2D eigenvalue weighted by atomic mass is 9.96. The second-order valence-corrected chi connectivity index (χ2v) is 10.5. The molecule has 0 aliphatic carbocycles. The van der Waals surface area contributed by atoms with E-state index in [0.29, 0.717) is 12.4 Å². The van der Waals surface area contributed by atoms with Crippen LogP contribution in [0.15, 0.2) is 59.5 Å². The number of ether oxygens (including phenoxy) is 5. The number of esters is 1. The van der Waals surface area contributed by atoms with Crippen LogP contribution in [0.25, 0.3) is 0 Å². The predicted molar refractivity (Wildman–Crippen MR) is 122 cm³/mol. The Morgan fingerprint density at radius 3 is 2.35 bits per heavy atom. The Kier molecular flexibility index (Phi) is 6.97. The summed E-state index contributed by atoms with van der Waals surface area (Å²) in [5.74, 6) is -1.15. The van der Waals surface area contributed by atoms with Gasteiger partial charge in [-0.1, -0.05) is 30.3 Å². The standard InChI is InChI=1S/C24H29NO8S/c1-24(2)32-19-14-25(20(23(26)30-4)22(29-3)21(19)33-24)34(27,28)18-12-10-17(11-13-18)31-15-16-8-6-5-7-9-16/h5-13,19-22H,14-15H2,1-4H3/t19-,20+,21-,22-/m0/s1. The molecule has 0 aromatic heterocycles. The van der Waals surface area contributed by atoms with Crippen LogP contribution in [-0.2, 0) is 40.4 Å². The monoisotopic (exact) mass is 491 g/mol. The largest absolute Gasteiger partial charge is 0.489 e. The van der Waals surface area contributed by atoms with E-state index in [1.807, 2.05) is 30.3 Å². The lowest BCUT2D eigenvalue weighted by Crippen LogP contribution is -2.65. The molecule has 0 unspecified atom stereocenters. The van der Waals surface area contributed by atoms with Crippen LogP contribution in [0.1, 0.15) is 19.4 Å². The second-order valence-electron chi connectivity index (χ2n) is 8.63. The highest BCUT2D eigenvalue weighted by atomic mass is 32.2. The molecule has 2 heterocycles. The minimum absolute atomic E-state index is 0.0138. The number of hydrogen-bond acceptors (Lipinski definition) is 8. The van der Waals surface area contributed by atoms with Crippen molar-refractivity contribution >= 4 is 16.0 Å². The highest BCUT2D eigenvalue weighted by Crippen LogP contribution is 2.39. The molecule has 2 aromatic rings. The number of rotatable bonds is 7. The van der Waals surface area contributed by atoms with Crippen LogP contribution in [-0.4, -0.2) is 69.6 Å². The molecule has 2 aromatic carbocycles. The van der Waals surface area contributed by atoms with Crippen LogP contribution in [0, 0.1) is 0 Å². The molecular formula is C24H29NO8S. The molecule has 4 atom stereocenters. The van der Waals surface area contributed by atoms with Gasteiger partial charge in [0.1, 0.15) is 30.7 Å². The van der Waals surface area contributed by atoms with E-state index in [2.05, 4.69) is 0 Å². The molecule has 2 saturated heterocycles. The number of hydrogen-bond donors (Lipinski definition) is 0. The van der Waals surface area contributed by atoms with E-state index in [1.54, 1.807) is 26.0 Å². The number of carbonyl (C=O) groups is 1. The molecule has 2 aliphatic rings. The Morgan fingerprint density at radius 1 is 1.06 bits per heavy atom. The number of carbonyl (C=O) groups excluding carboxylic acids is 1. The number of piperidine rings is 1. The van der Waals surface area contributed by atoms with E-state index < -0.39 is 46.1 Å². The van der Waals surface area contributed by atoms with Gasteiger partial charge in [0.15, 0.2) is 11.8 Å². The lowest BCUT2D eigenvalue weighted by molar-refractivity contribution is -0.168. The van der Waals surface area contributed by atoms with Crippen molar-refractivity contribution in [2.24, 2.45) is 0 Å². The first-order valence-corrected chi connectivity index (χ1v) is 12.3. The van der Waals surface area contributed by atoms with Gasteiger partial charge in [-0.05, 0) is 43.7 Å². The summed E-state index contributed by atoms with van der Waals surface area (Å²) in [6, 6.07) is 14.5. The fourth-order valence-electron chi connectivity index (χ4n) is 4.38. The van der Waals surface area contributed by atoms with Crippen LogP contribution in [0.2, 0.25) is 0 Å². The van der Waals surface area contributed by atoms with E-state index in [0.717, 1.165) is 9.87 Å². The van der Waals surface area contributed by atoms with Crippen molar-refractivity contribution in [3.8, 4) is 5.75 Å². The zero-order chi connectivity index (χ0) is 24.5. The normalized spacial score (nSPS) is 26.6. The van der Waals surface area contributed by atoms with E-state index in [9.17, 15) is 13.2 Å². The van der Waals surface area contributed by atoms with Crippen LogP contribution >= 0.6 is 0 Å². The maximum Gasteiger partial charge on any atom is 0.327 e. The molecule has 0 amide bonds. The third kappa shape index (κ3) is 4.82. The van der Waals surface area contributed by atoms with Gasteiger partial charge in [-0.3, -0.25) is 4.79 Å². The first-order chi connectivity index (χ1) is 16.2. The molecule has 0 saturated carbocycles. The summed E-state index contributed by atoms with van der Waals surface area (Å²) < 4.78 is 56.5. The number of fused-ring (bicyclic) bond motifs is 1. The van der Waals surface area contributed by atoms with Crippen LogP contribution in [0.5, 0.6) is 5.75 Å². The Labute approximate surface area is 199 Å². The minimum atomic E-state index is -4.11. The maximum absolute atomic E-state index is 13.6. The van der Waals surface area contributed by atoms with E-state index >= 15 is 0 Å². The van der Waals surface area contributed by atoms with Gasteiger partial charge in [-0.2, -0.15) is 4.31 Å². The summed E-state index contributed by atoms with van der Waals surface area (Å²) in [6.45, 7) is 3.74. The van der Waals surface area contributed by atoms with E-state index in [-0.39, 0.29) is 11.4 Å². The summed E-state index contributed by atoms with van der Waals surface area (Å²) in [7, 11) is -1.49. The third-order valence-electron chi connectivity index (χ3n) is 5.92. The molecule has 0 N–H and O–H groups in total. The fraction of sp³-hybridized carbons (Fsp3) is 0.458. The van der Waals surface area contributed by atoms with Gasteiger partial charge in [-0.25, -0.2) is 8.42 Å². The molecule has 2 aliphatic heterocycles. The smallest absolute Gasteiger partial charge is 0.327 e. The summed E-state index contributed by atoms with van der Waals surface area (Å²) in [5.41, 5.74) is 0.996. The van der Waals surface area contributed by atoms with Crippen molar-refractivity contribution in [1.82, 2.24) is 4.31 Å². The maximum atomic E-state index is 13.6. The molecule has 9 nitrogen and oxygen atoms in total. The average Bonchev–Trinajstić information content (AvgIpc) is 3.15. The molecule has 34 heavy (non-hydrogen) atoms. The zero-order valence-electron chi connectivity index (χ0n) is 19.5. The van der Waals surface area contributed by atoms with Gasteiger partial charge in [0, 0.05) is 13.7 Å². The Balaban J connectivity index is 1.59. The molecule has 10 heteroatoms. The van der Waals surface area contributed by atoms with E-state index in [1.165, 1.54) is 26.4 Å². The van der Waals surface area contributed by atoms with E-state index in [4.69, 9.17) is 23.7 Å². The number of benzene rings is 2. The quantitative estimate of drug-likeness (QED) is 0.544. The fourth-order valence-corrected chi connectivity index (χ4v) is 5.98. The van der Waals surface area contributed by atoms with Crippen LogP contribution in [0.3, 0.4) is 0 Å². The molecular weight excluding hydrogens is 462 g/mol. The minimum Gasteiger partial charge on any atom is -0.489 e. The summed E-state index contributed by atoms with van der Waals surface area (Å²) >= 11 is 0. The lowest BCUT2D eigenvalue weighted by Gasteiger charge is -2.42. The topological polar surface area (TPSA) is 101 Å². The molecule has 0 spiro atoms. The van der Waals surface area contributed by atoms with Crippen LogP contribution in [0.4, 0.5) is 0 Å².